The number of rotatable bonds is 4. The Kier molecular flexibility index (Phi) is 4.33. The van der Waals surface area contributed by atoms with E-state index in [1.54, 1.807) is 0 Å². The lowest BCUT2D eigenvalue weighted by atomic mass is 10.1. The number of aromatic nitrogens is 1. The van der Waals surface area contributed by atoms with Gasteiger partial charge in [-0.05, 0) is 44.0 Å². The maximum Gasteiger partial charge on any atom is 0.881 e. The van der Waals surface area contributed by atoms with E-state index < -0.39 is 15.9 Å². The molecule has 22 heavy (non-hydrogen) atoms. The van der Waals surface area contributed by atoms with Gasteiger partial charge in [0.2, 0.25) is 0 Å². The third-order valence-corrected chi connectivity index (χ3v) is 4.25. The number of hydrogen-bond acceptors (Lipinski definition) is 3. The molecule has 3 nitrogen and oxygen atoms in total. The molecule has 1 aromatic heterocycles. The number of aryl methyl sites for hydroxylation is 3. The van der Waals surface area contributed by atoms with Gasteiger partial charge in [0.05, 0.1) is 5.75 Å². The first-order valence-corrected chi connectivity index (χ1v) is 8.17. The molecule has 109 valence electrons. The van der Waals surface area contributed by atoms with Crippen LogP contribution < -0.4 is 7.58 Å². The van der Waals surface area contributed by atoms with Crippen LogP contribution in [-0.4, -0.2) is 20.9 Å². The molecule has 0 fully saturated rings. The second-order valence-corrected chi connectivity index (χ2v) is 6.00. The van der Waals surface area contributed by atoms with Crippen molar-refractivity contribution in [3.8, 4) is 11.5 Å². The second kappa shape index (κ2) is 6.39. The van der Waals surface area contributed by atoms with Crippen molar-refractivity contribution in [1.82, 2.24) is 4.98 Å². The largest absolute Gasteiger partial charge is 0.881 e. The van der Waals surface area contributed by atoms with Gasteiger partial charge in [0.1, 0.15) is 11.3 Å². The molecule has 0 N–H and O–H groups in total. The molecular formula is C18H17AlNO2. The molecule has 1 heterocycles. The van der Waals surface area contributed by atoms with Crippen LogP contribution in [0.15, 0.2) is 48.5 Å². The Hall–Kier alpha value is -2.02. The van der Waals surface area contributed by atoms with E-state index in [0.29, 0.717) is 0 Å². The van der Waals surface area contributed by atoms with E-state index in [1.165, 1.54) is 0 Å². The zero-order valence-corrected chi connectivity index (χ0v) is 14.1. The molecular weight excluding hydrogens is 289 g/mol. The van der Waals surface area contributed by atoms with Gasteiger partial charge in [-0.3, -0.25) is 0 Å². The summed E-state index contributed by atoms with van der Waals surface area (Å²) < 4.78 is 11.8. The molecule has 0 atom stereocenters. The van der Waals surface area contributed by atoms with Crippen LogP contribution in [0, 0.1) is 20.8 Å². The first kappa shape index (κ1) is 14.9. The van der Waals surface area contributed by atoms with Crippen molar-refractivity contribution < 1.29 is 7.58 Å². The molecule has 0 unspecified atom stereocenters. The number of pyridine rings is 1. The van der Waals surface area contributed by atoms with Crippen LogP contribution in [0.25, 0.3) is 10.9 Å². The monoisotopic (exact) mass is 306 g/mol. The molecule has 2 aromatic carbocycles. The molecule has 0 aliphatic rings. The molecule has 0 aliphatic carbocycles. The number of nitrogens with zero attached hydrogens (tertiary/aromatic N) is 1. The van der Waals surface area contributed by atoms with E-state index in [-0.39, 0.29) is 0 Å². The Bertz CT molecular complexity index is 797. The number of para-hydroxylation sites is 2. The molecule has 0 saturated carbocycles. The van der Waals surface area contributed by atoms with Gasteiger partial charge in [-0.2, -0.15) is 0 Å². The van der Waals surface area contributed by atoms with Crippen LogP contribution in [0.5, 0.6) is 11.5 Å². The van der Waals surface area contributed by atoms with Crippen molar-refractivity contribution in [3.05, 3.63) is 65.4 Å². The van der Waals surface area contributed by atoms with Gasteiger partial charge >= 0.3 is 15.9 Å². The van der Waals surface area contributed by atoms with Crippen molar-refractivity contribution in [1.29, 1.82) is 0 Å². The average molecular weight is 306 g/mol. The summed E-state index contributed by atoms with van der Waals surface area (Å²) in [6, 6.07) is 16.2. The number of fused-ring (bicyclic) bond motifs is 1. The minimum Gasteiger partial charge on any atom is -0.615 e. The molecule has 0 aliphatic heterocycles. The molecule has 1 radical (unpaired) electrons. The van der Waals surface area contributed by atoms with E-state index in [0.717, 1.165) is 39.2 Å². The molecule has 0 bridgehead atoms. The summed E-state index contributed by atoms with van der Waals surface area (Å²) in [5.74, 6) is 1.70. The molecule has 4 heteroatoms. The van der Waals surface area contributed by atoms with Crippen LogP contribution in [0.3, 0.4) is 0 Å². The fourth-order valence-electron chi connectivity index (χ4n) is 2.42. The predicted molar refractivity (Wildman–Crippen MR) is 89.4 cm³/mol. The van der Waals surface area contributed by atoms with E-state index in [4.69, 9.17) is 7.58 Å². The van der Waals surface area contributed by atoms with Gasteiger partial charge < -0.3 is 7.58 Å². The van der Waals surface area contributed by atoms with Gasteiger partial charge in [-0.25, -0.2) is 4.98 Å². The zero-order chi connectivity index (χ0) is 15.5. The molecule has 0 amide bonds. The van der Waals surface area contributed by atoms with Crippen LogP contribution >= 0.6 is 0 Å². The highest BCUT2D eigenvalue weighted by atomic mass is 27.2. The third kappa shape index (κ3) is 3.09. The first-order valence-electron chi connectivity index (χ1n) is 7.23. The Morgan fingerprint density at radius 3 is 2.32 bits per heavy atom. The van der Waals surface area contributed by atoms with Gasteiger partial charge in [0.15, 0.2) is 0 Å². The lowest BCUT2D eigenvalue weighted by molar-refractivity contribution is 0.457. The highest BCUT2D eigenvalue weighted by Gasteiger charge is 2.12. The van der Waals surface area contributed by atoms with E-state index in [1.807, 2.05) is 63.2 Å². The summed E-state index contributed by atoms with van der Waals surface area (Å²) in [5, 5.41) is 1.08. The van der Waals surface area contributed by atoms with Crippen LogP contribution in [0.1, 0.15) is 16.8 Å². The van der Waals surface area contributed by atoms with Crippen molar-refractivity contribution >= 4 is 26.8 Å². The van der Waals surface area contributed by atoms with Crippen molar-refractivity contribution in [2.24, 2.45) is 0 Å². The van der Waals surface area contributed by atoms with E-state index in [9.17, 15) is 0 Å². The summed E-state index contributed by atoms with van der Waals surface area (Å²) in [4.78, 5) is 4.57. The summed E-state index contributed by atoms with van der Waals surface area (Å²) in [5.41, 5.74) is 4.13. The maximum atomic E-state index is 5.89. The maximum absolute atomic E-state index is 5.89. The number of hydrogen-bond donors (Lipinski definition) is 0. The lowest BCUT2D eigenvalue weighted by Crippen LogP contribution is -2.12. The highest BCUT2D eigenvalue weighted by Crippen LogP contribution is 2.25. The Morgan fingerprint density at radius 1 is 0.818 bits per heavy atom. The Balaban J connectivity index is 1.78. The molecule has 3 aromatic rings. The lowest BCUT2D eigenvalue weighted by Gasteiger charge is -2.14. The minimum absolute atomic E-state index is 0.634. The van der Waals surface area contributed by atoms with Gasteiger partial charge in [-0.15, -0.1) is 0 Å². The van der Waals surface area contributed by atoms with Crippen LogP contribution in [0.4, 0.5) is 0 Å². The quantitative estimate of drug-likeness (QED) is 0.678. The molecule has 0 spiro atoms. The van der Waals surface area contributed by atoms with E-state index in [2.05, 4.69) is 11.1 Å². The molecule has 0 saturated heterocycles. The fraction of sp³-hybridized carbons (Fsp3) is 0.167. The first-order chi connectivity index (χ1) is 10.6. The Morgan fingerprint density at radius 2 is 1.55 bits per heavy atom. The summed E-state index contributed by atoms with van der Waals surface area (Å²) in [6.45, 7) is 6.07. The summed E-state index contributed by atoms with van der Waals surface area (Å²) in [7, 11) is 0. The summed E-state index contributed by atoms with van der Waals surface area (Å²) >= 11 is -0.634. The van der Waals surface area contributed by atoms with Gasteiger partial charge in [0.25, 0.3) is 0 Å². The van der Waals surface area contributed by atoms with Crippen molar-refractivity contribution in [3.63, 3.8) is 0 Å². The normalized spacial score (nSPS) is 10.5. The van der Waals surface area contributed by atoms with Crippen LogP contribution in [-0.2, 0) is 0 Å². The topological polar surface area (TPSA) is 31.4 Å². The fourth-order valence-corrected chi connectivity index (χ4v) is 3.23. The predicted octanol–water partition coefficient (Wildman–Crippen LogP) is 4.15. The highest BCUT2D eigenvalue weighted by molar-refractivity contribution is 6.21. The standard InChI is InChI=1S/C10H9NO.C8H10O.Al/c1-7-5-6-8-3-2-4-9(12)10(8)11-7;1-6-4-3-5-7(2)8(6)9;/h2-6,12H,1H3;3-5,9H,1-2H3;/q;;+2/p-2. The summed E-state index contributed by atoms with van der Waals surface area (Å²) in [6.07, 6.45) is 0. The second-order valence-electron chi connectivity index (χ2n) is 5.33. The number of benzene rings is 2. The van der Waals surface area contributed by atoms with Crippen LogP contribution in [0.2, 0.25) is 0 Å². The van der Waals surface area contributed by atoms with Crippen molar-refractivity contribution in [2.45, 2.75) is 20.8 Å². The molecule has 3 rings (SSSR count). The Labute approximate surface area is 137 Å². The van der Waals surface area contributed by atoms with Gasteiger partial charge in [-0.1, -0.05) is 36.4 Å². The van der Waals surface area contributed by atoms with Gasteiger partial charge in [0, 0.05) is 11.1 Å². The average Bonchev–Trinajstić information content (AvgIpc) is 2.50. The zero-order valence-electron chi connectivity index (χ0n) is 13.0. The smallest absolute Gasteiger partial charge is 0.615 e. The SMILES string of the molecule is Cc1ccc2cccc([O][Al][O]c3c(C)cccc3C)c2n1. The minimum atomic E-state index is -0.634. The van der Waals surface area contributed by atoms with E-state index >= 15 is 0 Å². The third-order valence-electron chi connectivity index (χ3n) is 3.57. The van der Waals surface area contributed by atoms with Crippen molar-refractivity contribution in [2.75, 3.05) is 0 Å².